The fourth-order valence-electron chi connectivity index (χ4n) is 3.16. The summed E-state index contributed by atoms with van der Waals surface area (Å²) in [6, 6.07) is 0. The van der Waals surface area contributed by atoms with Gasteiger partial charge in [0, 0.05) is 6.54 Å². The van der Waals surface area contributed by atoms with Crippen LogP contribution < -0.4 is 5.32 Å². The Kier molecular flexibility index (Phi) is 3.10. The van der Waals surface area contributed by atoms with E-state index in [2.05, 4.69) is 12.2 Å². The summed E-state index contributed by atoms with van der Waals surface area (Å²) in [5.74, 6) is 1.14. The quantitative estimate of drug-likeness (QED) is 0.721. The lowest BCUT2D eigenvalue weighted by Gasteiger charge is -2.36. The molecule has 1 N–H and O–H groups in total. The van der Waals surface area contributed by atoms with E-state index >= 15 is 0 Å². The maximum atomic E-state index is 14.4. The fraction of sp³-hybridized carbons (Fsp3) is 1.00. The van der Waals surface area contributed by atoms with Gasteiger partial charge in [0.25, 0.3) is 0 Å². The first-order valence-corrected chi connectivity index (χ1v) is 6.14. The van der Waals surface area contributed by atoms with E-state index in [9.17, 15) is 4.39 Å². The van der Waals surface area contributed by atoms with Gasteiger partial charge in [0.15, 0.2) is 0 Å². The van der Waals surface area contributed by atoms with Crippen molar-refractivity contribution in [3.05, 3.63) is 0 Å². The van der Waals surface area contributed by atoms with E-state index in [1.807, 2.05) is 0 Å². The summed E-state index contributed by atoms with van der Waals surface area (Å²) in [5.41, 5.74) is -0.867. The average molecular weight is 199 g/mol. The Morgan fingerprint density at radius 1 is 1.43 bits per heavy atom. The number of rotatable bonds is 2. The van der Waals surface area contributed by atoms with Crippen LogP contribution >= 0.6 is 0 Å². The summed E-state index contributed by atoms with van der Waals surface area (Å²) in [7, 11) is 0. The molecule has 3 atom stereocenters. The van der Waals surface area contributed by atoms with Gasteiger partial charge in [-0.2, -0.15) is 0 Å². The van der Waals surface area contributed by atoms with Crippen LogP contribution in [0.1, 0.15) is 45.4 Å². The lowest BCUT2D eigenvalue weighted by Crippen LogP contribution is -2.38. The largest absolute Gasteiger partial charge is 0.313 e. The van der Waals surface area contributed by atoms with Gasteiger partial charge in [-0.15, -0.1) is 0 Å². The van der Waals surface area contributed by atoms with Gasteiger partial charge in [0.1, 0.15) is 5.67 Å². The van der Waals surface area contributed by atoms with Gasteiger partial charge in [-0.05, 0) is 37.6 Å². The van der Waals surface area contributed by atoms with Crippen LogP contribution in [0, 0.1) is 11.8 Å². The Hall–Kier alpha value is -0.110. The Balaban J connectivity index is 1.96. The van der Waals surface area contributed by atoms with Gasteiger partial charge in [0.05, 0.1) is 0 Å². The second-order valence-electron chi connectivity index (χ2n) is 5.10. The predicted molar refractivity (Wildman–Crippen MR) is 57.1 cm³/mol. The molecule has 2 aliphatic rings. The molecule has 0 aromatic heterocycles. The minimum Gasteiger partial charge on any atom is -0.313 e. The highest BCUT2D eigenvalue weighted by molar-refractivity contribution is 4.96. The highest BCUT2D eigenvalue weighted by Crippen LogP contribution is 2.41. The van der Waals surface area contributed by atoms with Gasteiger partial charge in [0.2, 0.25) is 0 Å². The fourth-order valence-corrected chi connectivity index (χ4v) is 3.16. The smallest absolute Gasteiger partial charge is 0.127 e. The molecule has 3 unspecified atom stereocenters. The van der Waals surface area contributed by atoms with Crippen molar-refractivity contribution in [1.82, 2.24) is 5.32 Å². The second-order valence-corrected chi connectivity index (χ2v) is 5.10. The first-order valence-electron chi connectivity index (χ1n) is 6.14. The van der Waals surface area contributed by atoms with Crippen LogP contribution in [-0.2, 0) is 0 Å². The molecule has 14 heavy (non-hydrogen) atoms. The molecule has 2 rings (SSSR count). The third-order valence-electron chi connectivity index (χ3n) is 4.23. The maximum Gasteiger partial charge on any atom is 0.127 e. The van der Waals surface area contributed by atoms with Gasteiger partial charge in [-0.3, -0.25) is 0 Å². The van der Waals surface area contributed by atoms with Crippen molar-refractivity contribution >= 4 is 0 Å². The summed E-state index contributed by atoms with van der Waals surface area (Å²) in [4.78, 5) is 0. The molecule has 1 aliphatic heterocycles. The maximum absolute atomic E-state index is 14.4. The van der Waals surface area contributed by atoms with Crippen LogP contribution in [0.3, 0.4) is 0 Å². The average Bonchev–Trinajstić information content (AvgIpc) is 2.67. The van der Waals surface area contributed by atoms with Crippen LogP contribution in [0.4, 0.5) is 4.39 Å². The lowest BCUT2D eigenvalue weighted by atomic mass is 9.72. The minimum absolute atomic E-state index is 0.344. The first-order chi connectivity index (χ1) is 6.74. The highest BCUT2D eigenvalue weighted by Gasteiger charge is 2.43. The standard InChI is InChI=1S/C12H22FN/c1-2-10-4-3-5-11(8-10)12(13)6-7-14-9-12/h10-11,14H,2-9H2,1H3. The van der Waals surface area contributed by atoms with Gasteiger partial charge < -0.3 is 5.32 Å². The van der Waals surface area contributed by atoms with Crippen molar-refractivity contribution in [2.45, 2.75) is 51.1 Å². The number of nitrogens with one attached hydrogen (secondary N) is 1. The van der Waals surface area contributed by atoms with Crippen molar-refractivity contribution < 1.29 is 4.39 Å². The first kappa shape index (κ1) is 10.4. The Morgan fingerprint density at radius 2 is 2.29 bits per heavy atom. The Morgan fingerprint density at radius 3 is 2.93 bits per heavy atom. The summed E-state index contributed by atoms with van der Waals surface area (Å²) in [5, 5.41) is 3.17. The SMILES string of the molecule is CCC1CCCC(C2(F)CCNC2)C1. The summed E-state index contributed by atoms with van der Waals surface area (Å²) < 4.78 is 14.4. The zero-order valence-corrected chi connectivity index (χ0v) is 9.19. The molecular formula is C12H22FN. The topological polar surface area (TPSA) is 12.0 Å². The van der Waals surface area contributed by atoms with Crippen molar-refractivity contribution in [1.29, 1.82) is 0 Å². The molecule has 2 fully saturated rings. The second kappa shape index (κ2) is 4.18. The number of hydrogen-bond donors (Lipinski definition) is 1. The number of hydrogen-bond acceptors (Lipinski definition) is 1. The summed E-state index contributed by atoms with van der Waals surface area (Å²) >= 11 is 0. The number of alkyl halides is 1. The van der Waals surface area contributed by atoms with Crippen LogP contribution in [0.5, 0.6) is 0 Å². The molecular weight excluding hydrogens is 177 g/mol. The van der Waals surface area contributed by atoms with Crippen LogP contribution in [-0.4, -0.2) is 18.8 Å². The van der Waals surface area contributed by atoms with Crippen LogP contribution in [0.15, 0.2) is 0 Å². The number of halogens is 1. The molecule has 1 heterocycles. The van der Waals surface area contributed by atoms with E-state index in [4.69, 9.17) is 0 Å². The molecule has 1 nitrogen and oxygen atoms in total. The van der Waals surface area contributed by atoms with Gasteiger partial charge >= 0.3 is 0 Å². The van der Waals surface area contributed by atoms with E-state index < -0.39 is 5.67 Å². The van der Waals surface area contributed by atoms with Crippen molar-refractivity contribution in [3.8, 4) is 0 Å². The molecule has 0 aromatic rings. The van der Waals surface area contributed by atoms with Gasteiger partial charge in [-0.25, -0.2) is 4.39 Å². The van der Waals surface area contributed by atoms with Crippen LogP contribution in [0.25, 0.3) is 0 Å². The predicted octanol–water partition coefficient (Wildman–Crippen LogP) is 2.90. The van der Waals surface area contributed by atoms with Gasteiger partial charge in [-0.1, -0.05) is 26.2 Å². The molecule has 0 spiro atoms. The normalized spacial score (nSPS) is 44.1. The molecule has 0 aromatic carbocycles. The molecule has 0 amide bonds. The monoisotopic (exact) mass is 199 g/mol. The molecule has 1 saturated heterocycles. The Bertz CT molecular complexity index is 187. The highest BCUT2D eigenvalue weighted by atomic mass is 19.1. The summed E-state index contributed by atoms with van der Waals surface area (Å²) in [6.45, 7) is 3.72. The lowest BCUT2D eigenvalue weighted by molar-refractivity contribution is 0.0576. The van der Waals surface area contributed by atoms with E-state index in [0.29, 0.717) is 12.5 Å². The van der Waals surface area contributed by atoms with Crippen molar-refractivity contribution in [2.75, 3.05) is 13.1 Å². The van der Waals surface area contributed by atoms with Crippen molar-refractivity contribution in [3.63, 3.8) is 0 Å². The molecule has 0 bridgehead atoms. The third-order valence-corrected chi connectivity index (χ3v) is 4.23. The molecule has 82 valence electrons. The zero-order valence-electron chi connectivity index (χ0n) is 9.19. The molecule has 0 radical (unpaired) electrons. The summed E-state index contributed by atoms with van der Waals surface area (Å²) in [6.07, 6.45) is 6.81. The van der Waals surface area contributed by atoms with E-state index in [0.717, 1.165) is 31.7 Å². The molecule has 2 heteroatoms. The van der Waals surface area contributed by atoms with E-state index in [1.165, 1.54) is 19.3 Å². The van der Waals surface area contributed by atoms with Crippen LogP contribution in [0.2, 0.25) is 0 Å². The third kappa shape index (κ3) is 1.95. The molecule has 1 aliphatic carbocycles. The Labute approximate surface area is 86.5 Å². The van der Waals surface area contributed by atoms with E-state index in [-0.39, 0.29) is 0 Å². The van der Waals surface area contributed by atoms with Crippen molar-refractivity contribution in [2.24, 2.45) is 11.8 Å². The minimum atomic E-state index is -0.867. The zero-order chi connectivity index (χ0) is 10.0. The van der Waals surface area contributed by atoms with E-state index in [1.54, 1.807) is 0 Å². The molecule has 1 saturated carbocycles.